The van der Waals surface area contributed by atoms with Crippen molar-refractivity contribution in [3.8, 4) is 0 Å². The van der Waals surface area contributed by atoms with Crippen LogP contribution in [0.3, 0.4) is 0 Å². The minimum absolute atomic E-state index is 0.0614. The summed E-state index contributed by atoms with van der Waals surface area (Å²) in [6.45, 7) is 2.59. The Morgan fingerprint density at radius 1 is 1.30 bits per heavy atom. The third-order valence-corrected chi connectivity index (χ3v) is 4.58. The van der Waals surface area contributed by atoms with E-state index in [4.69, 9.17) is 5.14 Å². The van der Waals surface area contributed by atoms with Crippen LogP contribution in [0, 0.1) is 5.92 Å². The average molecular weight is 304 g/mol. The van der Waals surface area contributed by atoms with Gasteiger partial charge < -0.3 is 10.2 Å². The fourth-order valence-electron chi connectivity index (χ4n) is 2.95. The third kappa shape index (κ3) is 4.69. The van der Waals surface area contributed by atoms with Gasteiger partial charge >= 0.3 is 0 Å². The van der Waals surface area contributed by atoms with E-state index in [-0.39, 0.29) is 17.9 Å². The second kappa shape index (κ2) is 6.84. The van der Waals surface area contributed by atoms with Gasteiger partial charge in [-0.05, 0) is 38.1 Å². The first-order chi connectivity index (χ1) is 9.46. The maximum Gasteiger partial charge on any atom is 0.274 e. The number of hydrogen-bond acceptors (Lipinski definition) is 4. The topological polar surface area (TPSA) is 105 Å². The normalized spacial score (nSPS) is 28.4. The smallest absolute Gasteiger partial charge is 0.274 e. The van der Waals surface area contributed by atoms with E-state index in [0.29, 0.717) is 13.1 Å². The number of carbonyl (C=O) groups excluding carboxylic acids is 1. The van der Waals surface area contributed by atoms with Crippen molar-refractivity contribution < 1.29 is 13.2 Å². The molecule has 7 nitrogen and oxygen atoms in total. The second-order valence-corrected chi connectivity index (χ2v) is 7.07. The number of amides is 1. The average Bonchev–Trinajstić information content (AvgIpc) is 2.45. The first-order valence-corrected chi connectivity index (χ1v) is 8.80. The third-order valence-electron chi connectivity index (χ3n) is 4.01. The molecule has 2 heterocycles. The first kappa shape index (κ1) is 15.7. The Bertz CT molecular complexity index is 434. The Hall–Kier alpha value is -0.700. The Morgan fingerprint density at radius 2 is 2.10 bits per heavy atom. The molecule has 0 aliphatic carbocycles. The molecule has 2 aliphatic heterocycles. The predicted octanol–water partition coefficient (Wildman–Crippen LogP) is -0.840. The summed E-state index contributed by atoms with van der Waals surface area (Å²) in [6, 6.07) is -0.0614. The zero-order valence-corrected chi connectivity index (χ0v) is 12.5. The van der Waals surface area contributed by atoms with Crippen LogP contribution in [0.1, 0.15) is 32.1 Å². The summed E-state index contributed by atoms with van der Waals surface area (Å²) in [5.41, 5.74) is 0. The molecule has 4 N–H and O–H groups in total. The Balaban J connectivity index is 1.84. The van der Waals surface area contributed by atoms with Gasteiger partial charge in [0.1, 0.15) is 0 Å². The number of carbonyl (C=O) groups is 1. The Morgan fingerprint density at radius 3 is 2.75 bits per heavy atom. The highest BCUT2D eigenvalue weighted by atomic mass is 32.2. The van der Waals surface area contributed by atoms with Crippen LogP contribution in [-0.4, -0.2) is 51.4 Å². The van der Waals surface area contributed by atoms with Crippen molar-refractivity contribution in [1.29, 1.82) is 0 Å². The van der Waals surface area contributed by atoms with E-state index in [0.717, 1.165) is 45.2 Å². The van der Waals surface area contributed by atoms with Crippen molar-refractivity contribution in [3.63, 3.8) is 0 Å². The van der Waals surface area contributed by atoms with Crippen molar-refractivity contribution >= 4 is 16.1 Å². The first-order valence-electron chi connectivity index (χ1n) is 7.25. The van der Waals surface area contributed by atoms with Crippen LogP contribution in [0.15, 0.2) is 0 Å². The molecule has 2 saturated heterocycles. The fourth-order valence-corrected chi connectivity index (χ4v) is 3.42. The van der Waals surface area contributed by atoms with Crippen LogP contribution in [-0.2, 0) is 15.0 Å². The number of nitrogens with zero attached hydrogens (tertiary/aromatic N) is 1. The lowest BCUT2D eigenvalue weighted by molar-refractivity contribution is -0.135. The zero-order valence-electron chi connectivity index (χ0n) is 11.7. The van der Waals surface area contributed by atoms with Crippen LogP contribution in [0.5, 0.6) is 0 Å². The lowest BCUT2D eigenvalue weighted by Gasteiger charge is -2.36. The molecule has 20 heavy (non-hydrogen) atoms. The van der Waals surface area contributed by atoms with E-state index in [2.05, 4.69) is 10.0 Å². The largest absolute Gasteiger partial charge is 0.341 e. The summed E-state index contributed by atoms with van der Waals surface area (Å²) >= 11 is 0. The quantitative estimate of drug-likeness (QED) is 0.630. The molecule has 0 aromatic rings. The summed E-state index contributed by atoms with van der Waals surface area (Å²) in [5, 5.41) is 8.20. The van der Waals surface area contributed by atoms with Gasteiger partial charge in [-0.25, -0.2) is 9.86 Å². The van der Waals surface area contributed by atoms with Crippen LogP contribution in [0.2, 0.25) is 0 Å². The van der Waals surface area contributed by atoms with Crippen LogP contribution >= 0.6 is 0 Å². The SMILES string of the molecule is NS(=O)(=O)NCC1CCCN(C(=O)[C@@H]2CCCCN2)C1. The summed E-state index contributed by atoms with van der Waals surface area (Å²) in [6.07, 6.45) is 4.95. The van der Waals surface area contributed by atoms with Gasteiger partial charge in [0.15, 0.2) is 0 Å². The lowest BCUT2D eigenvalue weighted by atomic mass is 9.96. The van der Waals surface area contributed by atoms with Crippen molar-refractivity contribution in [3.05, 3.63) is 0 Å². The molecule has 0 aromatic carbocycles. The molecule has 1 amide bonds. The van der Waals surface area contributed by atoms with Gasteiger partial charge in [-0.3, -0.25) is 4.79 Å². The molecule has 2 aliphatic rings. The number of rotatable bonds is 4. The highest BCUT2D eigenvalue weighted by molar-refractivity contribution is 7.87. The van der Waals surface area contributed by atoms with E-state index in [9.17, 15) is 13.2 Å². The van der Waals surface area contributed by atoms with Crippen molar-refractivity contribution in [2.75, 3.05) is 26.2 Å². The van der Waals surface area contributed by atoms with E-state index < -0.39 is 10.2 Å². The minimum atomic E-state index is -3.65. The van der Waals surface area contributed by atoms with Crippen LogP contribution < -0.4 is 15.2 Å². The number of nitrogens with one attached hydrogen (secondary N) is 2. The molecular weight excluding hydrogens is 280 g/mol. The summed E-state index contributed by atoms with van der Waals surface area (Å²) < 4.78 is 24.2. The van der Waals surface area contributed by atoms with Gasteiger partial charge in [-0.2, -0.15) is 8.42 Å². The minimum Gasteiger partial charge on any atom is -0.341 e. The number of likely N-dealkylation sites (tertiary alicyclic amines) is 1. The van der Waals surface area contributed by atoms with Gasteiger partial charge in [0, 0.05) is 19.6 Å². The standard InChI is InChI=1S/C12H24N4O3S/c13-20(18,19)15-8-10-4-3-7-16(9-10)12(17)11-5-1-2-6-14-11/h10-11,14-15H,1-9H2,(H2,13,18,19)/t10?,11-/m0/s1. The Labute approximate surface area is 120 Å². The highest BCUT2D eigenvalue weighted by Crippen LogP contribution is 2.18. The maximum atomic E-state index is 12.4. The molecule has 8 heteroatoms. The molecule has 0 radical (unpaired) electrons. The van der Waals surface area contributed by atoms with Crippen LogP contribution in [0.4, 0.5) is 0 Å². The second-order valence-electron chi connectivity index (χ2n) is 5.69. The van der Waals surface area contributed by atoms with Gasteiger partial charge in [-0.1, -0.05) is 6.42 Å². The molecular formula is C12H24N4O3S. The maximum absolute atomic E-state index is 12.4. The molecule has 2 atom stereocenters. The van der Waals surface area contributed by atoms with Gasteiger partial charge in [0.05, 0.1) is 6.04 Å². The number of hydrogen-bond donors (Lipinski definition) is 3. The molecule has 0 bridgehead atoms. The monoisotopic (exact) mass is 304 g/mol. The van der Waals surface area contributed by atoms with E-state index in [1.807, 2.05) is 4.90 Å². The Kier molecular flexibility index (Phi) is 5.36. The van der Waals surface area contributed by atoms with Gasteiger partial charge in [-0.15, -0.1) is 0 Å². The molecule has 2 rings (SSSR count). The number of piperidine rings is 2. The summed E-state index contributed by atoms with van der Waals surface area (Å²) in [5.74, 6) is 0.305. The van der Waals surface area contributed by atoms with Gasteiger partial charge in [0.2, 0.25) is 5.91 Å². The fraction of sp³-hybridized carbons (Fsp3) is 0.917. The van der Waals surface area contributed by atoms with Crippen molar-refractivity contribution in [2.45, 2.75) is 38.1 Å². The highest BCUT2D eigenvalue weighted by Gasteiger charge is 2.29. The zero-order chi connectivity index (χ0) is 14.6. The lowest BCUT2D eigenvalue weighted by Crippen LogP contribution is -2.52. The van der Waals surface area contributed by atoms with E-state index in [1.165, 1.54) is 0 Å². The van der Waals surface area contributed by atoms with Gasteiger partial charge in [0.25, 0.3) is 10.2 Å². The molecule has 2 fully saturated rings. The summed E-state index contributed by atoms with van der Waals surface area (Å²) in [7, 11) is -3.65. The predicted molar refractivity (Wildman–Crippen MR) is 76.1 cm³/mol. The number of nitrogens with two attached hydrogens (primary N) is 1. The van der Waals surface area contributed by atoms with Crippen molar-refractivity contribution in [1.82, 2.24) is 14.9 Å². The van der Waals surface area contributed by atoms with Crippen molar-refractivity contribution in [2.24, 2.45) is 11.1 Å². The van der Waals surface area contributed by atoms with Crippen LogP contribution in [0.25, 0.3) is 0 Å². The van der Waals surface area contributed by atoms with E-state index >= 15 is 0 Å². The molecule has 116 valence electrons. The molecule has 1 unspecified atom stereocenters. The molecule has 0 spiro atoms. The summed E-state index contributed by atoms with van der Waals surface area (Å²) in [4.78, 5) is 14.3. The molecule has 0 saturated carbocycles. The van der Waals surface area contributed by atoms with E-state index in [1.54, 1.807) is 0 Å². The molecule has 0 aromatic heterocycles.